The molecule has 0 bridgehead atoms. The van der Waals surface area contributed by atoms with Crippen molar-refractivity contribution in [3.63, 3.8) is 0 Å². The second-order valence-corrected chi connectivity index (χ2v) is 5.44. The first kappa shape index (κ1) is 15.0. The predicted molar refractivity (Wildman–Crippen MR) is 80.1 cm³/mol. The average molecular weight is 339 g/mol. The van der Waals surface area contributed by atoms with Crippen LogP contribution in [-0.4, -0.2) is 5.11 Å². The minimum Gasteiger partial charge on any atom is -0.489 e. The fraction of sp³-hybridized carbons (Fsp3) is 0.250. The van der Waals surface area contributed by atoms with Crippen molar-refractivity contribution in [2.45, 2.75) is 26.1 Å². The maximum Gasteiger partial charge on any atom is 0.125 e. The zero-order chi connectivity index (χ0) is 14.5. The van der Waals surface area contributed by atoms with Crippen LogP contribution in [0.25, 0.3) is 0 Å². The summed E-state index contributed by atoms with van der Waals surface area (Å²) in [4.78, 5) is 0. The van der Waals surface area contributed by atoms with Crippen LogP contribution in [0.3, 0.4) is 0 Å². The van der Waals surface area contributed by atoms with Gasteiger partial charge in [0, 0.05) is 10.0 Å². The van der Waals surface area contributed by atoms with Gasteiger partial charge in [-0.05, 0) is 36.2 Å². The maximum atomic E-state index is 13.3. The summed E-state index contributed by atoms with van der Waals surface area (Å²) in [5.41, 5.74) is 1.49. The maximum absolute atomic E-state index is 13.3. The van der Waals surface area contributed by atoms with Crippen molar-refractivity contribution in [2.24, 2.45) is 0 Å². The van der Waals surface area contributed by atoms with Crippen LogP contribution in [0.4, 0.5) is 4.39 Å². The van der Waals surface area contributed by atoms with Crippen molar-refractivity contribution in [1.82, 2.24) is 0 Å². The largest absolute Gasteiger partial charge is 0.489 e. The van der Waals surface area contributed by atoms with E-state index in [4.69, 9.17) is 4.74 Å². The van der Waals surface area contributed by atoms with Crippen LogP contribution in [0.5, 0.6) is 5.75 Å². The van der Waals surface area contributed by atoms with Crippen molar-refractivity contribution in [3.05, 3.63) is 63.9 Å². The van der Waals surface area contributed by atoms with E-state index in [0.29, 0.717) is 16.6 Å². The minimum absolute atomic E-state index is 0.254. The Kier molecular flexibility index (Phi) is 5.15. The van der Waals surface area contributed by atoms with Gasteiger partial charge in [-0.15, -0.1) is 0 Å². The molecule has 2 rings (SSSR count). The van der Waals surface area contributed by atoms with E-state index < -0.39 is 6.10 Å². The van der Waals surface area contributed by atoms with Crippen LogP contribution in [0.1, 0.15) is 30.6 Å². The molecule has 0 amide bonds. The fourth-order valence-electron chi connectivity index (χ4n) is 1.96. The van der Waals surface area contributed by atoms with E-state index >= 15 is 0 Å². The van der Waals surface area contributed by atoms with Gasteiger partial charge in [-0.25, -0.2) is 4.39 Å². The molecule has 2 aromatic rings. The van der Waals surface area contributed by atoms with Gasteiger partial charge < -0.3 is 9.84 Å². The first-order valence-electron chi connectivity index (χ1n) is 6.45. The standard InChI is InChI=1S/C16H16BrFO2/c1-2-15(19)14-5-3-4-6-16(14)20-10-11-7-12(17)9-13(18)8-11/h3-9,15,19H,2,10H2,1H3/t15-/m1/s1. The Morgan fingerprint density at radius 3 is 2.70 bits per heavy atom. The highest BCUT2D eigenvalue weighted by Gasteiger charge is 2.11. The van der Waals surface area contributed by atoms with Gasteiger partial charge in [0.25, 0.3) is 0 Å². The van der Waals surface area contributed by atoms with Crippen LogP contribution >= 0.6 is 15.9 Å². The van der Waals surface area contributed by atoms with E-state index in [1.54, 1.807) is 0 Å². The van der Waals surface area contributed by atoms with E-state index in [0.717, 1.165) is 11.1 Å². The van der Waals surface area contributed by atoms with E-state index in [1.165, 1.54) is 12.1 Å². The Balaban J connectivity index is 2.14. The molecule has 1 N–H and O–H groups in total. The summed E-state index contributed by atoms with van der Waals surface area (Å²) in [7, 11) is 0. The van der Waals surface area contributed by atoms with Crippen molar-refractivity contribution < 1.29 is 14.2 Å². The lowest BCUT2D eigenvalue weighted by Gasteiger charge is -2.15. The summed E-state index contributed by atoms with van der Waals surface area (Å²) in [6.07, 6.45) is 0.0664. The molecule has 0 fully saturated rings. The molecule has 106 valence electrons. The van der Waals surface area contributed by atoms with Gasteiger partial charge in [-0.3, -0.25) is 0 Å². The fourth-order valence-corrected chi connectivity index (χ4v) is 2.48. The topological polar surface area (TPSA) is 29.5 Å². The third-order valence-electron chi connectivity index (χ3n) is 2.98. The molecule has 4 heteroatoms. The number of rotatable bonds is 5. The molecular formula is C16H16BrFO2. The molecule has 0 heterocycles. The number of hydrogen-bond acceptors (Lipinski definition) is 2. The van der Waals surface area contributed by atoms with E-state index in [2.05, 4.69) is 15.9 Å². The van der Waals surface area contributed by atoms with Crippen LogP contribution in [0.2, 0.25) is 0 Å². The Hall–Kier alpha value is -1.39. The number of halogens is 2. The van der Waals surface area contributed by atoms with Crippen LogP contribution in [0, 0.1) is 5.82 Å². The molecule has 0 aromatic heterocycles. The normalized spacial score (nSPS) is 12.2. The molecule has 20 heavy (non-hydrogen) atoms. The number of benzene rings is 2. The van der Waals surface area contributed by atoms with E-state index in [1.807, 2.05) is 37.3 Å². The van der Waals surface area contributed by atoms with Crippen molar-refractivity contribution in [3.8, 4) is 5.75 Å². The quantitative estimate of drug-likeness (QED) is 0.862. The lowest BCUT2D eigenvalue weighted by Crippen LogP contribution is -2.02. The zero-order valence-electron chi connectivity index (χ0n) is 11.1. The Labute approximate surface area is 126 Å². The Bertz CT molecular complexity index is 566. The smallest absolute Gasteiger partial charge is 0.125 e. The SMILES string of the molecule is CC[C@@H](O)c1ccccc1OCc1cc(F)cc(Br)c1. The molecule has 0 unspecified atom stereocenters. The molecule has 1 atom stereocenters. The first-order valence-corrected chi connectivity index (χ1v) is 7.24. The predicted octanol–water partition coefficient (Wildman–Crippen LogP) is 4.61. The third-order valence-corrected chi connectivity index (χ3v) is 3.44. The molecule has 0 saturated heterocycles. The number of hydrogen-bond donors (Lipinski definition) is 1. The number of aliphatic hydroxyl groups excluding tert-OH is 1. The summed E-state index contributed by atoms with van der Waals surface area (Å²) >= 11 is 3.25. The van der Waals surface area contributed by atoms with Crippen molar-refractivity contribution in [1.29, 1.82) is 0 Å². The average Bonchev–Trinajstić information content (AvgIpc) is 2.43. The molecule has 0 aliphatic carbocycles. The van der Waals surface area contributed by atoms with Gasteiger partial charge >= 0.3 is 0 Å². The Morgan fingerprint density at radius 2 is 2.00 bits per heavy atom. The summed E-state index contributed by atoms with van der Waals surface area (Å²) in [5.74, 6) is 0.321. The van der Waals surface area contributed by atoms with Crippen LogP contribution < -0.4 is 4.74 Å². The molecule has 0 aliphatic rings. The molecule has 0 radical (unpaired) electrons. The van der Waals surface area contributed by atoms with Gasteiger partial charge in [0.2, 0.25) is 0 Å². The molecule has 2 nitrogen and oxygen atoms in total. The van der Waals surface area contributed by atoms with Gasteiger partial charge in [0.1, 0.15) is 18.2 Å². The second kappa shape index (κ2) is 6.86. The second-order valence-electron chi connectivity index (χ2n) is 4.53. The molecule has 0 spiro atoms. The van der Waals surface area contributed by atoms with Gasteiger partial charge in [0.05, 0.1) is 6.10 Å². The summed E-state index contributed by atoms with van der Waals surface area (Å²) in [6, 6.07) is 12.0. The van der Waals surface area contributed by atoms with Crippen molar-refractivity contribution >= 4 is 15.9 Å². The van der Waals surface area contributed by atoms with Gasteiger partial charge in [0.15, 0.2) is 0 Å². The molecular weight excluding hydrogens is 323 g/mol. The van der Waals surface area contributed by atoms with Crippen LogP contribution in [0.15, 0.2) is 46.9 Å². The van der Waals surface area contributed by atoms with Gasteiger partial charge in [-0.1, -0.05) is 41.1 Å². The number of aliphatic hydroxyl groups is 1. The Morgan fingerprint density at radius 1 is 1.25 bits per heavy atom. The number of para-hydroxylation sites is 1. The highest BCUT2D eigenvalue weighted by atomic mass is 79.9. The lowest BCUT2D eigenvalue weighted by molar-refractivity contribution is 0.166. The molecule has 0 aliphatic heterocycles. The van der Waals surface area contributed by atoms with Gasteiger partial charge in [-0.2, -0.15) is 0 Å². The van der Waals surface area contributed by atoms with E-state index in [-0.39, 0.29) is 12.4 Å². The summed E-state index contributed by atoms with van der Waals surface area (Å²) in [6.45, 7) is 2.16. The third kappa shape index (κ3) is 3.81. The van der Waals surface area contributed by atoms with Crippen LogP contribution in [-0.2, 0) is 6.61 Å². The zero-order valence-corrected chi connectivity index (χ0v) is 12.7. The minimum atomic E-state index is -0.551. The van der Waals surface area contributed by atoms with Crippen molar-refractivity contribution in [2.75, 3.05) is 0 Å². The highest BCUT2D eigenvalue weighted by Crippen LogP contribution is 2.27. The lowest BCUT2D eigenvalue weighted by atomic mass is 10.1. The summed E-state index contributed by atoms with van der Waals surface area (Å²) in [5, 5.41) is 9.95. The van der Waals surface area contributed by atoms with E-state index in [9.17, 15) is 9.50 Å². The highest BCUT2D eigenvalue weighted by molar-refractivity contribution is 9.10. The summed E-state index contributed by atoms with van der Waals surface area (Å²) < 4.78 is 19.7. The number of ether oxygens (including phenoxy) is 1. The molecule has 2 aromatic carbocycles. The molecule has 0 saturated carbocycles. The monoisotopic (exact) mass is 338 g/mol. The first-order chi connectivity index (χ1) is 9.60.